The zero-order chi connectivity index (χ0) is 16.8. The molecule has 1 saturated carbocycles. The van der Waals surface area contributed by atoms with Gasteiger partial charge in [-0.3, -0.25) is 9.59 Å². The third kappa shape index (κ3) is 4.98. The van der Waals surface area contributed by atoms with Crippen LogP contribution in [0.4, 0.5) is 0 Å². The van der Waals surface area contributed by atoms with Gasteiger partial charge in [-0.2, -0.15) is 0 Å². The van der Waals surface area contributed by atoms with Crippen molar-refractivity contribution in [2.75, 3.05) is 6.61 Å². The monoisotopic (exact) mass is 320 g/mol. The molecule has 2 amide bonds. The van der Waals surface area contributed by atoms with Crippen LogP contribution in [0.15, 0.2) is 24.3 Å². The van der Waals surface area contributed by atoms with E-state index in [1.54, 1.807) is 24.3 Å². The Morgan fingerprint density at radius 1 is 1.22 bits per heavy atom. The molecule has 23 heavy (non-hydrogen) atoms. The lowest BCUT2D eigenvalue weighted by atomic mass is 9.85. The Kier molecular flexibility index (Phi) is 5.56. The third-order valence-electron chi connectivity index (χ3n) is 3.89. The standard InChI is InChI=1S/C16H20N2O5/c17-15(21)11-2-1-3-12(8-11)18-16(22)10-4-6-13(7-5-10)23-9-14(19)20/h4-7,11-12H,1-3,8-9H2,(H2,17,21)(H,18,22)(H,19,20). The van der Waals surface area contributed by atoms with Gasteiger partial charge in [-0.25, -0.2) is 4.79 Å². The summed E-state index contributed by atoms with van der Waals surface area (Å²) in [6.45, 7) is -0.428. The molecule has 4 N–H and O–H groups in total. The first-order valence-electron chi connectivity index (χ1n) is 7.50. The number of carbonyl (C=O) groups excluding carboxylic acids is 2. The van der Waals surface area contributed by atoms with Gasteiger partial charge in [0.2, 0.25) is 5.91 Å². The molecule has 1 aromatic rings. The fourth-order valence-electron chi connectivity index (χ4n) is 2.70. The van der Waals surface area contributed by atoms with Crippen molar-refractivity contribution < 1.29 is 24.2 Å². The van der Waals surface area contributed by atoms with Crippen LogP contribution in [0.25, 0.3) is 0 Å². The summed E-state index contributed by atoms with van der Waals surface area (Å²) >= 11 is 0. The molecule has 124 valence electrons. The topological polar surface area (TPSA) is 119 Å². The molecule has 1 aliphatic carbocycles. The molecule has 2 rings (SSSR count). The maximum absolute atomic E-state index is 12.2. The van der Waals surface area contributed by atoms with Crippen LogP contribution in [0.1, 0.15) is 36.0 Å². The van der Waals surface area contributed by atoms with Gasteiger partial charge < -0.3 is 20.9 Å². The summed E-state index contributed by atoms with van der Waals surface area (Å²) in [4.78, 5) is 33.9. The third-order valence-corrected chi connectivity index (χ3v) is 3.89. The Labute approximate surface area is 133 Å². The minimum absolute atomic E-state index is 0.0586. The Balaban J connectivity index is 1.90. The van der Waals surface area contributed by atoms with E-state index < -0.39 is 12.6 Å². The number of aliphatic carboxylic acids is 1. The van der Waals surface area contributed by atoms with Crippen LogP contribution >= 0.6 is 0 Å². The lowest BCUT2D eigenvalue weighted by Crippen LogP contribution is -2.41. The highest BCUT2D eigenvalue weighted by Gasteiger charge is 2.26. The summed E-state index contributed by atoms with van der Waals surface area (Å²) in [5.74, 6) is -1.40. The van der Waals surface area contributed by atoms with Crippen LogP contribution < -0.4 is 15.8 Å². The Hall–Kier alpha value is -2.57. The van der Waals surface area contributed by atoms with Crippen LogP contribution in [0, 0.1) is 5.92 Å². The van der Waals surface area contributed by atoms with E-state index in [1.807, 2.05) is 0 Å². The van der Waals surface area contributed by atoms with Crippen molar-refractivity contribution in [3.05, 3.63) is 29.8 Å². The molecule has 0 radical (unpaired) electrons. The summed E-state index contributed by atoms with van der Waals surface area (Å²) in [7, 11) is 0. The summed E-state index contributed by atoms with van der Waals surface area (Å²) < 4.78 is 5.01. The zero-order valence-corrected chi connectivity index (χ0v) is 12.7. The van der Waals surface area contributed by atoms with Crippen molar-refractivity contribution in [2.24, 2.45) is 11.7 Å². The Morgan fingerprint density at radius 3 is 2.52 bits per heavy atom. The van der Waals surface area contributed by atoms with E-state index in [9.17, 15) is 14.4 Å². The number of carboxylic acid groups (broad SMARTS) is 1. The van der Waals surface area contributed by atoms with Crippen LogP contribution in [0.5, 0.6) is 5.75 Å². The Bertz CT molecular complexity index is 585. The number of carboxylic acids is 1. The van der Waals surface area contributed by atoms with Gasteiger partial charge in [0, 0.05) is 17.5 Å². The summed E-state index contributed by atoms with van der Waals surface area (Å²) in [6, 6.07) is 6.18. The molecule has 1 aliphatic rings. The number of primary amides is 1. The molecule has 7 heteroatoms. The van der Waals surface area contributed by atoms with Crippen molar-refractivity contribution in [2.45, 2.75) is 31.7 Å². The lowest BCUT2D eigenvalue weighted by Gasteiger charge is -2.27. The van der Waals surface area contributed by atoms with Gasteiger partial charge >= 0.3 is 5.97 Å². The molecule has 0 spiro atoms. The number of rotatable bonds is 6. The molecule has 0 bridgehead atoms. The average molecular weight is 320 g/mol. The zero-order valence-electron chi connectivity index (χ0n) is 12.7. The molecule has 0 saturated heterocycles. The van der Waals surface area contributed by atoms with Crippen molar-refractivity contribution >= 4 is 17.8 Å². The van der Waals surface area contributed by atoms with Gasteiger partial charge in [-0.15, -0.1) is 0 Å². The molecule has 0 aromatic heterocycles. The summed E-state index contributed by atoms with van der Waals surface area (Å²) in [5, 5.41) is 11.4. The molecular formula is C16H20N2O5. The van der Waals surface area contributed by atoms with Crippen LogP contribution in [-0.2, 0) is 9.59 Å². The summed E-state index contributed by atoms with van der Waals surface area (Å²) in [6.07, 6.45) is 3.04. The second kappa shape index (κ2) is 7.62. The van der Waals surface area contributed by atoms with Gasteiger partial charge in [-0.1, -0.05) is 6.42 Å². The number of nitrogens with two attached hydrogens (primary N) is 1. The van der Waals surface area contributed by atoms with Gasteiger partial charge in [0.25, 0.3) is 5.91 Å². The summed E-state index contributed by atoms with van der Waals surface area (Å²) in [5.41, 5.74) is 5.78. The molecule has 2 unspecified atom stereocenters. The minimum atomic E-state index is -1.06. The predicted molar refractivity (Wildman–Crippen MR) is 82.0 cm³/mol. The highest BCUT2D eigenvalue weighted by atomic mass is 16.5. The predicted octanol–water partition coefficient (Wildman–Crippen LogP) is 0.924. The maximum Gasteiger partial charge on any atom is 0.341 e. The number of hydrogen-bond acceptors (Lipinski definition) is 4. The molecule has 0 aliphatic heterocycles. The number of hydrogen-bond donors (Lipinski definition) is 3. The van der Waals surface area contributed by atoms with Crippen LogP contribution in [0.2, 0.25) is 0 Å². The number of nitrogens with one attached hydrogen (secondary N) is 1. The lowest BCUT2D eigenvalue weighted by molar-refractivity contribution is -0.139. The SMILES string of the molecule is NC(=O)C1CCCC(NC(=O)c2ccc(OCC(=O)O)cc2)C1. The quantitative estimate of drug-likeness (QED) is 0.720. The van der Waals surface area contributed by atoms with Crippen LogP contribution in [0.3, 0.4) is 0 Å². The smallest absolute Gasteiger partial charge is 0.341 e. The molecular weight excluding hydrogens is 300 g/mol. The highest BCUT2D eigenvalue weighted by molar-refractivity contribution is 5.94. The van der Waals surface area contributed by atoms with E-state index >= 15 is 0 Å². The van der Waals surface area contributed by atoms with Crippen molar-refractivity contribution in [3.63, 3.8) is 0 Å². The van der Waals surface area contributed by atoms with E-state index in [-0.39, 0.29) is 23.8 Å². The van der Waals surface area contributed by atoms with Gasteiger partial charge in [0.15, 0.2) is 6.61 Å². The fraction of sp³-hybridized carbons (Fsp3) is 0.438. The number of carbonyl (C=O) groups is 3. The van der Waals surface area contributed by atoms with Crippen molar-refractivity contribution in [3.8, 4) is 5.75 Å². The fourth-order valence-corrected chi connectivity index (χ4v) is 2.70. The first-order valence-corrected chi connectivity index (χ1v) is 7.50. The van der Waals surface area contributed by atoms with Crippen molar-refractivity contribution in [1.29, 1.82) is 0 Å². The molecule has 0 heterocycles. The number of amides is 2. The normalized spacial score (nSPS) is 20.5. The first kappa shape index (κ1) is 16.8. The van der Waals surface area contributed by atoms with E-state index in [2.05, 4.69) is 5.32 Å². The van der Waals surface area contributed by atoms with Crippen molar-refractivity contribution in [1.82, 2.24) is 5.32 Å². The number of ether oxygens (including phenoxy) is 1. The van der Waals surface area contributed by atoms with Crippen LogP contribution in [-0.4, -0.2) is 35.5 Å². The molecule has 1 aromatic carbocycles. The second-order valence-corrected chi connectivity index (χ2v) is 5.64. The largest absolute Gasteiger partial charge is 0.482 e. The van der Waals surface area contributed by atoms with E-state index in [1.165, 1.54) is 0 Å². The maximum atomic E-state index is 12.2. The van der Waals surface area contributed by atoms with E-state index in [0.717, 1.165) is 19.3 Å². The highest BCUT2D eigenvalue weighted by Crippen LogP contribution is 2.24. The number of benzene rings is 1. The van der Waals surface area contributed by atoms with Gasteiger partial charge in [0.05, 0.1) is 0 Å². The van der Waals surface area contributed by atoms with Gasteiger partial charge in [0.1, 0.15) is 5.75 Å². The second-order valence-electron chi connectivity index (χ2n) is 5.64. The average Bonchev–Trinajstić information content (AvgIpc) is 2.53. The van der Waals surface area contributed by atoms with Gasteiger partial charge in [-0.05, 0) is 43.5 Å². The first-order chi connectivity index (χ1) is 11.0. The molecule has 2 atom stereocenters. The Morgan fingerprint density at radius 2 is 1.91 bits per heavy atom. The minimum Gasteiger partial charge on any atom is -0.482 e. The van der Waals surface area contributed by atoms with E-state index in [0.29, 0.717) is 17.7 Å². The van der Waals surface area contributed by atoms with E-state index in [4.69, 9.17) is 15.6 Å². The molecule has 1 fully saturated rings. The molecule has 7 nitrogen and oxygen atoms in total.